The van der Waals surface area contributed by atoms with Gasteiger partial charge in [0.25, 0.3) is 0 Å². The van der Waals surface area contributed by atoms with Gasteiger partial charge in [0.2, 0.25) is 5.78 Å². The molecule has 25 heavy (non-hydrogen) atoms. The van der Waals surface area contributed by atoms with Gasteiger partial charge in [-0.3, -0.25) is 4.79 Å². The molecule has 5 heteroatoms. The third kappa shape index (κ3) is 4.87. The number of amidine groups is 1. The topological polar surface area (TPSA) is 41.5 Å². The lowest BCUT2D eigenvalue weighted by Gasteiger charge is -2.10. The van der Waals surface area contributed by atoms with Gasteiger partial charge in [-0.15, -0.1) is 0 Å². The quantitative estimate of drug-likeness (QED) is 0.286. The molecular weight excluding hydrogens is 444 g/mol. The Morgan fingerprint density at radius 3 is 1.92 bits per heavy atom. The van der Waals surface area contributed by atoms with Gasteiger partial charge in [-0.25, -0.2) is 4.99 Å². The number of carbonyl (C=O) groups is 1. The number of benzene rings is 3. The summed E-state index contributed by atoms with van der Waals surface area (Å²) in [7, 11) is 0. The average molecular weight is 458 g/mol. The summed E-state index contributed by atoms with van der Waals surface area (Å²) in [4.78, 5) is 17.4. The van der Waals surface area contributed by atoms with Crippen LogP contribution in [0.25, 0.3) is 0 Å². The van der Waals surface area contributed by atoms with E-state index in [1.54, 1.807) is 12.1 Å². The van der Waals surface area contributed by atoms with Crippen LogP contribution < -0.4 is 5.32 Å². The molecule has 0 aromatic heterocycles. The SMILES string of the molecule is O=C(C(=Nc1ccc(Br)cc1)Nc1ccc(Br)cc1)c1ccccc1. The van der Waals surface area contributed by atoms with Crippen molar-refractivity contribution >= 4 is 54.9 Å². The van der Waals surface area contributed by atoms with E-state index in [4.69, 9.17) is 0 Å². The van der Waals surface area contributed by atoms with Gasteiger partial charge in [-0.2, -0.15) is 0 Å². The molecule has 0 heterocycles. The Bertz CT molecular complexity index is 889. The molecule has 3 nitrogen and oxygen atoms in total. The van der Waals surface area contributed by atoms with Crippen LogP contribution in [-0.2, 0) is 0 Å². The smallest absolute Gasteiger partial charge is 0.228 e. The molecule has 0 radical (unpaired) electrons. The molecule has 0 aliphatic rings. The summed E-state index contributed by atoms with van der Waals surface area (Å²) in [6.07, 6.45) is 0. The first-order valence-corrected chi connectivity index (χ1v) is 9.17. The fourth-order valence-electron chi connectivity index (χ4n) is 2.18. The second kappa shape index (κ2) is 8.23. The molecular formula is C20H14Br2N2O. The molecule has 0 aliphatic heterocycles. The van der Waals surface area contributed by atoms with Crippen molar-refractivity contribution < 1.29 is 4.79 Å². The van der Waals surface area contributed by atoms with E-state index in [0.717, 1.165) is 14.6 Å². The predicted octanol–water partition coefficient (Wildman–Crippen LogP) is 6.24. The van der Waals surface area contributed by atoms with Gasteiger partial charge in [0.1, 0.15) is 0 Å². The predicted molar refractivity (Wildman–Crippen MR) is 110 cm³/mol. The highest BCUT2D eigenvalue weighted by Gasteiger charge is 2.14. The fraction of sp³-hybridized carbons (Fsp3) is 0. The van der Waals surface area contributed by atoms with Crippen LogP contribution in [0.5, 0.6) is 0 Å². The highest BCUT2D eigenvalue weighted by Crippen LogP contribution is 2.19. The molecule has 124 valence electrons. The van der Waals surface area contributed by atoms with Crippen molar-refractivity contribution in [2.24, 2.45) is 4.99 Å². The van der Waals surface area contributed by atoms with Gasteiger partial charge in [0.05, 0.1) is 5.69 Å². The van der Waals surface area contributed by atoms with Gasteiger partial charge in [0, 0.05) is 20.2 Å². The Kier molecular flexibility index (Phi) is 5.79. The molecule has 0 aliphatic carbocycles. The van der Waals surface area contributed by atoms with Crippen LogP contribution in [0, 0.1) is 0 Å². The van der Waals surface area contributed by atoms with Crippen LogP contribution >= 0.6 is 31.9 Å². The van der Waals surface area contributed by atoms with Gasteiger partial charge >= 0.3 is 0 Å². The number of nitrogens with zero attached hydrogens (tertiary/aromatic N) is 1. The summed E-state index contributed by atoms with van der Waals surface area (Å²) in [6, 6.07) is 24.2. The molecule has 0 fully saturated rings. The van der Waals surface area contributed by atoms with Gasteiger partial charge in [-0.05, 0) is 48.5 Å². The van der Waals surface area contributed by atoms with Crippen LogP contribution in [0.3, 0.4) is 0 Å². The number of ketones is 1. The zero-order valence-electron chi connectivity index (χ0n) is 13.1. The minimum Gasteiger partial charge on any atom is -0.337 e. The number of hydrogen-bond acceptors (Lipinski definition) is 2. The number of anilines is 1. The Morgan fingerprint density at radius 1 is 0.760 bits per heavy atom. The minimum atomic E-state index is -0.161. The summed E-state index contributed by atoms with van der Waals surface area (Å²) in [6.45, 7) is 0. The monoisotopic (exact) mass is 456 g/mol. The van der Waals surface area contributed by atoms with E-state index in [1.807, 2.05) is 66.7 Å². The third-order valence-electron chi connectivity index (χ3n) is 3.43. The van der Waals surface area contributed by atoms with Gasteiger partial charge in [0.15, 0.2) is 5.84 Å². The number of aliphatic imine (C=N–C) groups is 1. The van der Waals surface area contributed by atoms with Crippen LogP contribution in [0.2, 0.25) is 0 Å². The summed E-state index contributed by atoms with van der Waals surface area (Å²) >= 11 is 6.81. The van der Waals surface area contributed by atoms with Crippen molar-refractivity contribution in [1.82, 2.24) is 0 Å². The molecule has 0 spiro atoms. The number of halogens is 2. The van der Waals surface area contributed by atoms with Crippen molar-refractivity contribution in [3.63, 3.8) is 0 Å². The number of rotatable bonds is 4. The molecule has 3 rings (SSSR count). The maximum absolute atomic E-state index is 12.9. The first kappa shape index (κ1) is 17.6. The Morgan fingerprint density at radius 2 is 1.32 bits per heavy atom. The zero-order valence-corrected chi connectivity index (χ0v) is 16.3. The molecule has 0 saturated carbocycles. The van der Waals surface area contributed by atoms with Crippen molar-refractivity contribution in [3.05, 3.63) is 93.4 Å². The lowest BCUT2D eigenvalue weighted by molar-refractivity contribution is 0.106. The largest absolute Gasteiger partial charge is 0.337 e. The third-order valence-corrected chi connectivity index (χ3v) is 4.48. The molecule has 1 N–H and O–H groups in total. The van der Waals surface area contributed by atoms with Crippen LogP contribution in [-0.4, -0.2) is 11.6 Å². The lowest BCUT2D eigenvalue weighted by atomic mass is 10.1. The molecule has 0 unspecified atom stereocenters. The molecule has 0 bridgehead atoms. The van der Waals surface area contributed by atoms with Crippen molar-refractivity contribution in [2.75, 3.05) is 5.32 Å². The van der Waals surface area contributed by atoms with Crippen LogP contribution in [0.4, 0.5) is 11.4 Å². The van der Waals surface area contributed by atoms with Crippen molar-refractivity contribution in [2.45, 2.75) is 0 Å². The summed E-state index contributed by atoms with van der Waals surface area (Å²) in [5.41, 5.74) is 2.08. The van der Waals surface area contributed by atoms with E-state index in [2.05, 4.69) is 42.2 Å². The lowest BCUT2D eigenvalue weighted by Crippen LogP contribution is -2.23. The Hall–Kier alpha value is -2.24. The summed E-state index contributed by atoms with van der Waals surface area (Å²) < 4.78 is 1.93. The molecule has 0 atom stereocenters. The number of hydrogen-bond donors (Lipinski definition) is 1. The maximum atomic E-state index is 12.9. The molecule has 0 amide bonds. The number of Topliss-reactive ketones (excluding diaryl/α,β-unsaturated/α-hetero) is 1. The van der Waals surface area contributed by atoms with Gasteiger partial charge in [-0.1, -0.05) is 62.2 Å². The molecule has 3 aromatic carbocycles. The standard InChI is InChI=1S/C20H14Br2N2O/c21-15-6-10-17(11-7-15)23-20(19(25)14-4-2-1-3-5-14)24-18-12-8-16(22)9-13-18/h1-13H,(H,23,24). The van der Waals surface area contributed by atoms with Crippen molar-refractivity contribution in [3.8, 4) is 0 Å². The second-order valence-electron chi connectivity index (χ2n) is 5.26. The minimum absolute atomic E-state index is 0.161. The average Bonchev–Trinajstić information content (AvgIpc) is 2.65. The van der Waals surface area contributed by atoms with Crippen molar-refractivity contribution in [1.29, 1.82) is 0 Å². The maximum Gasteiger partial charge on any atom is 0.228 e. The van der Waals surface area contributed by atoms with E-state index in [9.17, 15) is 4.79 Å². The Labute approximate surface area is 163 Å². The Balaban J connectivity index is 1.96. The normalized spacial score (nSPS) is 11.2. The first-order chi connectivity index (χ1) is 12.1. The fourth-order valence-corrected chi connectivity index (χ4v) is 2.71. The van der Waals surface area contributed by atoms with E-state index in [-0.39, 0.29) is 11.6 Å². The molecule has 0 saturated heterocycles. The zero-order chi connectivity index (χ0) is 17.6. The van der Waals surface area contributed by atoms with E-state index in [1.165, 1.54) is 0 Å². The number of nitrogens with one attached hydrogen (secondary N) is 1. The number of carbonyl (C=O) groups excluding carboxylic acids is 1. The summed E-state index contributed by atoms with van der Waals surface area (Å²) in [5.74, 6) is 0.113. The first-order valence-electron chi connectivity index (χ1n) is 7.58. The van der Waals surface area contributed by atoms with E-state index < -0.39 is 0 Å². The van der Waals surface area contributed by atoms with Crippen LogP contribution in [0.1, 0.15) is 10.4 Å². The van der Waals surface area contributed by atoms with Crippen LogP contribution in [0.15, 0.2) is 92.8 Å². The summed E-state index contributed by atoms with van der Waals surface area (Å²) in [5, 5.41) is 3.14. The van der Waals surface area contributed by atoms with Gasteiger partial charge < -0.3 is 5.32 Å². The van der Waals surface area contributed by atoms with E-state index >= 15 is 0 Å². The van der Waals surface area contributed by atoms with E-state index in [0.29, 0.717) is 11.3 Å². The highest BCUT2D eigenvalue weighted by molar-refractivity contribution is 9.10. The second-order valence-corrected chi connectivity index (χ2v) is 7.10. The highest BCUT2D eigenvalue weighted by atomic mass is 79.9. The molecule has 3 aromatic rings.